The van der Waals surface area contributed by atoms with Gasteiger partial charge in [0.25, 0.3) is 5.91 Å². The van der Waals surface area contributed by atoms with Crippen LogP contribution in [0.15, 0.2) is 18.2 Å². The Hall–Kier alpha value is -1.75. The van der Waals surface area contributed by atoms with Gasteiger partial charge in [-0.15, -0.1) is 0 Å². The van der Waals surface area contributed by atoms with Crippen molar-refractivity contribution < 1.29 is 14.6 Å². The molecule has 0 unspecified atom stereocenters. The van der Waals surface area contributed by atoms with Crippen LogP contribution >= 0.6 is 0 Å². The molecule has 0 spiro atoms. The largest absolute Gasteiger partial charge is 0.507 e. The quantitative estimate of drug-likeness (QED) is 0.635. The maximum absolute atomic E-state index is 11.6. The van der Waals surface area contributed by atoms with E-state index in [9.17, 15) is 9.90 Å². The number of nitrogens with two attached hydrogens (primary N) is 1. The van der Waals surface area contributed by atoms with Crippen LogP contribution in [-0.2, 0) is 0 Å². The number of nitrogens with one attached hydrogen (secondary N) is 1. The third-order valence-electron chi connectivity index (χ3n) is 2.11. The SMILES string of the molecule is COc1ccc(O)c(C(=O)NCCCN)c1. The molecule has 0 saturated heterocycles. The number of hydrogen-bond acceptors (Lipinski definition) is 4. The molecule has 0 aromatic heterocycles. The first-order chi connectivity index (χ1) is 7.69. The summed E-state index contributed by atoms with van der Waals surface area (Å²) in [6.07, 6.45) is 0.705. The third-order valence-corrected chi connectivity index (χ3v) is 2.11. The number of methoxy groups -OCH3 is 1. The number of carbonyl (C=O) groups excluding carboxylic acids is 1. The summed E-state index contributed by atoms with van der Waals surface area (Å²) >= 11 is 0. The first-order valence-electron chi connectivity index (χ1n) is 5.04. The predicted molar refractivity (Wildman–Crippen MR) is 60.7 cm³/mol. The summed E-state index contributed by atoms with van der Waals surface area (Å²) in [7, 11) is 1.50. The second-order valence-electron chi connectivity index (χ2n) is 3.28. The average molecular weight is 224 g/mol. The summed E-state index contributed by atoms with van der Waals surface area (Å²) in [5.41, 5.74) is 5.51. The Morgan fingerprint density at radius 2 is 2.31 bits per heavy atom. The zero-order valence-corrected chi connectivity index (χ0v) is 9.19. The molecule has 1 amide bonds. The molecule has 0 heterocycles. The van der Waals surface area contributed by atoms with E-state index in [4.69, 9.17) is 10.5 Å². The van der Waals surface area contributed by atoms with Crippen molar-refractivity contribution in [3.8, 4) is 11.5 Å². The topological polar surface area (TPSA) is 84.6 Å². The minimum atomic E-state index is -0.329. The molecule has 0 fully saturated rings. The number of amides is 1. The minimum Gasteiger partial charge on any atom is -0.507 e. The number of phenols is 1. The van der Waals surface area contributed by atoms with Gasteiger partial charge in [0.1, 0.15) is 11.5 Å². The van der Waals surface area contributed by atoms with Crippen LogP contribution in [0.5, 0.6) is 11.5 Å². The van der Waals surface area contributed by atoms with Crippen molar-refractivity contribution in [2.24, 2.45) is 5.73 Å². The summed E-state index contributed by atoms with van der Waals surface area (Å²) in [5.74, 6) is 0.137. The molecule has 0 saturated carbocycles. The summed E-state index contributed by atoms with van der Waals surface area (Å²) in [5, 5.41) is 12.2. The van der Waals surface area contributed by atoms with Gasteiger partial charge in [0.05, 0.1) is 12.7 Å². The van der Waals surface area contributed by atoms with E-state index in [2.05, 4.69) is 5.32 Å². The van der Waals surface area contributed by atoms with Crippen LogP contribution < -0.4 is 15.8 Å². The molecule has 1 aromatic rings. The lowest BCUT2D eigenvalue weighted by Gasteiger charge is -2.07. The first-order valence-corrected chi connectivity index (χ1v) is 5.04. The summed E-state index contributed by atoms with van der Waals surface area (Å²) in [4.78, 5) is 11.6. The Bertz CT molecular complexity index is 366. The number of phenolic OH excluding ortho intramolecular Hbond substituents is 1. The van der Waals surface area contributed by atoms with E-state index in [0.29, 0.717) is 25.3 Å². The Morgan fingerprint density at radius 3 is 2.94 bits per heavy atom. The zero-order chi connectivity index (χ0) is 12.0. The van der Waals surface area contributed by atoms with Gasteiger partial charge in [-0.2, -0.15) is 0 Å². The minimum absolute atomic E-state index is 0.0638. The molecule has 0 atom stereocenters. The van der Waals surface area contributed by atoms with Crippen LogP contribution in [0.2, 0.25) is 0 Å². The van der Waals surface area contributed by atoms with Gasteiger partial charge in [-0.25, -0.2) is 0 Å². The highest BCUT2D eigenvalue weighted by atomic mass is 16.5. The van der Waals surface area contributed by atoms with Gasteiger partial charge in [0, 0.05) is 6.54 Å². The van der Waals surface area contributed by atoms with Crippen molar-refractivity contribution in [1.82, 2.24) is 5.32 Å². The Kier molecular flexibility index (Phi) is 4.60. The lowest BCUT2D eigenvalue weighted by molar-refractivity contribution is 0.0950. The van der Waals surface area contributed by atoms with Gasteiger partial charge >= 0.3 is 0 Å². The second kappa shape index (κ2) is 5.97. The molecule has 0 aliphatic heterocycles. The number of hydrogen-bond donors (Lipinski definition) is 3. The molecule has 0 radical (unpaired) electrons. The maximum Gasteiger partial charge on any atom is 0.255 e. The zero-order valence-electron chi connectivity index (χ0n) is 9.19. The highest BCUT2D eigenvalue weighted by molar-refractivity contribution is 5.97. The van der Waals surface area contributed by atoms with Crippen LogP contribution in [0, 0.1) is 0 Å². The van der Waals surface area contributed by atoms with E-state index < -0.39 is 0 Å². The molecule has 4 N–H and O–H groups in total. The summed E-state index contributed by atoms with van der Waals surface area (Å²) in [6, 6.07) is 4.51. The van der Waals surface area contributed by atoms with Crippen LogP contribution in [0.4, 0.5) is 0 Å². The number of aromatic hydroxyl groups is 1. The number of ether oxygens (including phenoxy) is 1. The number of carbonyl (C=O) groups is 1. The van der Waals surface area contributed by atoms with E-state index in [1.807, 2.05) is 0 Å². The van der Waals surface area contributed by atoms with E-state index in [1.165, 1.54) is 19.2 Å². The van der Waals surface area contributed by atoms with Crippen molar-refractivity contribution in [2.45, 2.75) is 6.42 Å². The second-order valence-corrected chi connectivity index (χ2v) is 3.28. The van der Waals surface area contributed by atoms with Gasteiger partial charge in [0.2, 0.25) is 0 Å². The van der Waals surface area contributed by atoms with Gasteiger partial charge in [-0.3, -0.25) is 4.79 Å². The normalized spacial score (nSPS) is 9.88. The van der Waals surface area contributed by atoms with Crippen LogP contribution in [0.3, 0.4) is 0 Å². The van der Waals surface area contributed by atoms with E-state index in [0.717, 1.165) is 0 Å². The van der Waals surface area contributed by atoms with Crippen molar-refractivity contribution in [3.63, 3.8) is 0 Å². The first kappa shape index (κ1) is 12.3. The van der Waals surface area contributed by atoms with Gasteiger partial charge in [0.15, 0.2) is 0 Å². The monoisotopic (exact) mass is 224 g/mol. The molecular weight excluding hydrogens is 208 g/mol. The predicted octanol–water partition coefficient (Wildman–Crippen LogP) is 0.479. The van der Waals surface area contributed by atoms with E-state index in [-0.39, 0.29) is 17.2 Å². The molecule has 5 heteroatoms. The molecule has 88 valence electrons. The molecule has 0 aliphatic carbocycles. The standard InChI is InChI=1S/C11H16N2O3/c1-16-8-3-4-10(14)9(7-8)11(15)13-6-2-5-12/h3-4,7,14H,2,5-6,12H2,1H3,(H,13,15). The molecule has 1 aromatic carbocycles. The third kappa shape index (κ3) is 3.13. The van der Waals surface area contributed by atoms with Crippen LogP contribution in [0.1, 0.15) is 16.8 Å². The van der Waals surface area contributed by atoms with Gasteiger partial charge in [-0.1, -0.05) is 0 Å². The number of benzene rings is 1. The van der Waals surface area contributed by atoms with Gasteiger partial charge in [-0.05, 0) is 31.2 Å². The summed E-state index contributed by atoms with van der Waals surface area (Å²) < 4.78 is 4.97. The van der Waals surface area contributed by atoms with Crippen molar-refractivity contribution in [2.75, 3.05) is 20.2 Å². The highest BCUT2D eigenvalue weighted by Crippen LogP contribution is 2.22. The fourth-order valence-electron chi connectivity index (χ4n) is 1.22. The molecular formula is C11H16N2O3. The van der Waals surface area contributed by atoms with E-state index >= 15 is 0 Å². The molecule has 0 aliphatic rings. The Morgan fingerprint density at radius 1 is 1.56 bits per heavy atom. The Balaban J connectivity index is 2.73. The molecule has 16 heavy (non-hydrogen) atoms. The highest BCUT2D eigenvalue weighted by Gasteiger charge is 2.11. The summed E-state index contributed by atoms with van der Waals surface area (Å²) in [6.45, 7) is 1.01. The number of rotatable bonds is 5. The Labute approximate surface area is 94.2 Å². The fraction of sp³-hybridized carbons (Fsp3) is 0.364. The molecule has 1 rings (SSSR count). The lowest BCUT2D eigenvalue weighted by Crippen LogP contribution is -2.26. The smallest absolute Gasteiger partial charge is 0.255 e. The van der Waals surface area contributed by atoms with Crippen molar-refractivity contribution >= 4 is 5.91 Å². The van der Waals surface area contributed by atoms with Crippen molar-refractivity contribution in [3.05, 3.63) is 23.8 Å². The lowest BCUT2D eigenvalue weighted by atomic mass is 10.1. The van der Waals surface area contributed by atoms with Gasteiger partial charge < -0.3 is 20.9 Å². The maximum atomic E-state index is 11.6. The fourth-order valence-corrected chi connectivity index (χ4v) is 1.22. The van der Waals surface area contributed by atoms with Crippen LogP contribution in [-0.4, -0.2) is 31.2 Å². The average Bonchev–Trinajstić information content (AvgIpc) is 2.30. The molecule has 0 bridgehead atoms. The van der Waals surface area contributed by atoms with Crippen molar-refractivity contribution in [1.29, 1.82) is 0 Å². The van der Waals surface area contributed by atoms with Crippen LogP contribution in [0.25, 0.3) is 0 Å². The van der Waals surface area contributed by atoms with E-state index in [1.54, 1.807) is 6.07 Å². The molecule has 5 nitrogen and oxygen atoms in total.